The van der Waals surface area contributed by atoms with Crippen LogP contribution in [-0.4, -0.2) is 49.9 Å². The normalized spacial score (nSPS) is 10.8. The van der Waals surface area contributed by atoms with Crippen molar-refractivity contribution in [3.8, 4) is 0 Å². The minimum atomic E-state index is -0.0571. The molecule has 1 aromatic rings. The van der Waals surface area contributed by atoms with E-state index >= 15 is 0 Å². The maximum Gasteiger partial charge on any atom is 0.244 e. The van der Waals surface area contributed by atoms with Gasteiger partial charge in [0.2, 0.25) is 11.9 Å². The van der Waals surface area contributed by atoms with Crippen molar-refractivity contribution >= 4 is 11.9 Å². The zero-order valence-corrected chi connectivity index (χ0v) is 10.2. The van der Waals surface area contributed by atoms with Crippen molar-refractivity contribution in [2.24, 2.45) is 0 Å². The van der Waals surface area contributed by atoms with E-state index in [9.17, 15) is 4.79 Å². The number of carbonyl (C=O) groups is 1. The molecule has 0 bridgehead atoms. The van der Waals surface area contributed by atoms with Crippen LogP contribution in [0, 0.1) is 0 Å². The van der Waals surface area contributed by atoms with E-state index in [0.717, 1.165) is 0 Å². The standard InChI is InChI=1S/C10H19N5O2/c1-8(2)15(4-3-5-16)9(17)6-14-7-12-10(11)13-14/h7-8,16H,3-6H2,1-2H3,(H2,11,13). The third-order valence-electron chi connectivity index (χ3n) is 2.35. The highest BCUT2D eigenvalue weighted by Crippen LogP contribution is 2.02. The number of anilines is 1. The fourth-order valence-electron chi connectivity index (χ4n) is 1.53. The third kappa shape index (κ3) is 4.03. The van der Waals surface area contributed by atoms with Gasteiger partial charge in [0.25, 0.3) is 0 Å². The molecule has 0 aliphatic rings. The molecule has 7 nitrogen and oxygen atoms in total. The van der Waals surface area contributed by atoms with Gasteiger partial charge in [0, 0.05) is 19.2 Å². The molecule has 1 rings (SSSR count). The molecule has 1 aromatic heterocycles. The molecular weight excluding hydrogens is 222 g/mol. The number of hydrogen-bond donors (Lipinski definition) is 2. The van der Waals surface area contributed by atoms with E-state index in [2.05, 4.69) is 10.1 Å². The summed E-state index contributed by atoms with van der Waals surface area (Å²) in [5.41, 5.74) is 5.37. The van der Waals surface area contributed by atoms with Gasteiger partial charge in [0.05, 0.1) is 0 Å². The molecule has 0 atom stereocenters. The van der Waals surface area contributed by atoms with Crippen LogP contribution in [0.2, 0.25) is 0 Å². The van der Waals surface area contributed by atoms with Crippen molar-refractivity contribution in [3.63, 3.8) is 0 Å². The van der Waals surface area contributed by atoms with E-state index < -0.39 is 0 Å². The summed E-state index contributed by atoms with van der Waals surface area (Å²) in [6.07, 6.45) is 2.00. The Morgan fingerprint density at radius 3 is 2.82 bits per heavy atom. The molecule has 1 amide bonds. The molecule has 0 saturated heterocycles. The summed E-state index contributed by atoms with van der Waals surface area (Å²) in [5, 5.41) is 12.6. The van der Waals surface area contributed by atoms with Gasteiger partial charge in [-0.25, -0.2) is 9.67 Å². The van der Waals surface area contributed by atoms with Crippen LogP contribution in [0.1, 0.15) is 20.3 Å². The smallest absolute Gasteiger partial charge is 0.244 e. The number of nitrogens with two attached hydrogens (primary N) is 1. The molecule has 96 valence electrons. The van der Waals surface area contributed by atoms with Crippen LogP contribution in [0.3, 0.4) is 0 Å². The van der Waals surface area contributed by atoms with Gasteiger partial charge < -0.3 is 15.7 Å². The van der Waals surface area contributed by atoms with Crippen LogP contribution in [0.4, 0.5) is 5.95 Å². The van der Waals surface area contributed by atoms with E-state index in [1.54, 1.807) is 4.90 Å². The summed E-state index contributed by atoms with van der Waals surface area (Å²) in [4.78, 5) is 17.4. The predicted octanol–water partition coefficient (Wildman–Crippen LogP) is -0.520. The molecule has 17 heavy (non-hydrogen) atoms. The Hall–Kier alpha value is -1.63. The van der Waals surface area contributed by atoms with Gasteiger partial charge in [-0.2, -0.15) is 0 Å². The van der Waals surface area contributed by atoms with Gasteiger partial charge in [-0.05, 0) is 20.3 Å². The summed E-state index contributed by atoms with van der Waals surface area (Å²) in [6, 6.07) is 0.0925. The van der Waals surface area contributed by atoms with Crippen molar-refractivity contribution in [3.05, 3.63) is 6.33 Å². The lowest BCUT2D eigenvalue weighted by Gasteiger charge is -2.26. The van der Waals surface area contributed by atoms with Crippen molar-refractivity contribution in [2.45, 2.75) is 32.9 Å². The number of aromatic nitrogens is 3. The minimum Gasteiger partial charge on any atom is -0.396 e. The molecule has 0 aliphatic carbocycles. The maximum absolute atomic E-state index is 12.0. The molecule has 0 aromatic carbocycles. The van der Waals surface area contributed by atoms with Crippen LogP contribution in [0.5, 0.6) is 0 Å². The Balaban J connectivity index is 2.58. The number of nitrogens with zero attached hydrogens (tertiary/aromatic N) is 4. The lowest BCUT2D eigenvalue weighted by atomic mass is 10.3. The summed E-state index contributed by atoms with van der Waals surface area (Å²) < 4.78 is 1.41. The average molecular weight is 241 g/mol. The van der Waals surface area contributed by atoms with E-state index in [4.69, 9.17) is 10.8 Å². The molecule has 0 fully saturated rings. The van der Waals surface area contributed by atoms with Gasteiger partial charge in [0.1, 0.15) is 12.9 Å². The Bertz CT molecular complexity index is 363. The number of carbonyl (C=O) groups excluding carboxylic acids is 1. The molecule has 7 heteroatoms. The Labute approximate surface area is 100 Å². The molecular formula is C10H19N5O2. The van der Waals surface area contributed by atoms with Crippen molar-refractivity contribution in [2.75, 3.05) is 18.9 Å². The highest BCUT2D eigenvalue weighted by atomic mass is 16.3. The van der Waals surface area contributed by atoms with Gasteiger partial charge >= 0.3 is 0 Å². The first-order valence-electron chi connectivity index (χ1n) is 5.60. The second-order valence-corrected chi connectivity index (χ2v) is 4.06. The first-order chi connectivity index (χ1) is 8.04. The molecule has 3 N–H and O–H groups in total. The number of aliphatic hydroxyl groups is 1. The SMILES string of the molecule is CC(C)N(CCCO)C(=O)Cn1cnc(N)n1. The zero-order valence-electron chi connectivity index (χ0n) is 10.2. The van der Waals surface area contributed by atoms with Crippen LogP contribution in [0.15, 0.2) is 6.33 Å². The lowest BCUT2D eigenvalue weighted by Crippen LogP contribution is -2.40. The van der Waals surface area contributed by atoms with E-state index in [1.807, 2.05) is 13.8 Å². The minimum absolute atomic E-state index is 0.0571. The average Bonchev–Trinajstić information content (AvgIpc) is 2.64. The number of amides is 1. The lowest BCUT2D eigenvalue weighted by molar-refractivity contribution is -0.133. The van der Waals surface area contributed by atoms with E-state index in [1.165, 1.54) is 11.0 Å². The molecule has 0 aliphatic heterocycles. The molecule has 0 spiro atoms. The number of aliphatic hydroxyl groups excluding tert-OH is 1. The highest BCUT2D eigenvalue weighted by Gasteiger charge is 2.17. The predicted molar refractivity (Wildman–Crippen MR) is 63.0 cm³/mol. The highest BCUT2D eigenvalue weighted by molar-refractivity contribution is 5.76. The first-order valence-corrected chi connectivity index (χ1v) is 5.60. The molecule has 0 radical (unpaired) electrons. The summed E-state index contributed by atoms with van der Waals surface area (Å²) >= 11 is 0. The second kappa shape index (κ2) is 6.19. The maximum atomic E-state index is 12.0. The summed E-state index contributed by atoms with van der Waals surface area (Å²) in [6.45, 7) is 4.60. The molecule has 0 unspecified atom stereocenters. The summed E-state index contributed by atoms with van der Waals surface area (Å²) in [7, 11) is 0. The van der Waals surface area contributed by atoms with Crippen molar-refractivity contribution in [1.29, 1.82) is 0 Å². The number of hydrogen-bond acceptors (Lipinski definition) is 5. The van der Waals surface area contributed by atoms with Crippen molar-refractivity contribution in [1.82, 2.24) is 19.7 Å². The number of rotatable bonds is 6. The fourth-order valence-corrected chi connectivity index (χ4v) is 1.53. The third-order valence-corrected chi connectivity index (χ3v) is 2.35. The fraction of sp³-hybridized carbons (Fsp3) is 0.700. The second-order valence-electron chi connectivity index (χ2n) is 4.06. The van der Waals surface area contributed by atoms with Gasteiger partial charge in [0.15, 0.2) is 0 Å². The van der Waals surface area contributed by atoms with E-state index in [-0.39, 0.29) is 31.0 Å². The monoisotopic (exact) mass is 241 g/mol. The zero-order chi connectivity index (χ0) is 12.8. The van der Waals surface area contributed by atoms with Crippen LogP contribution < -0.4 is 5.73 Å². The number of nitrogen functional groups attached to an aromatic ring is 1. The Morgan fingerprint density at radius 2 is 2.35 bits per heavy atom. The summed E-state index contributed by atoms with van der Waals surface area (Å²) in [5.74, 6) is 0.0996. The van der Waals surface area contributed by atoms with E-state index in [0.29, 0.717) is 13.0 Å². The topological polar surface area (TPSA) is 97.3 Å². The van der Waals surface area contributed by atoms with Crippen LogP contribution in [0.25, 0.3) is 0 Å². The molecule has 1 heterocycles. The van der Waals surface area contributed by atoms with Gasteiger partial charge in [-0.3, -0.25) is 4.79 Å². The Kier molecular flexibility index (Phi) is 4.89. The molecule has 0 saturated carbocycles. The Morgan fingerprint density at radius 1 is 1.65 bits per heavy atom. The van der Waals surface area contributed by atoms with Gasteiger partial charge in [-0.15, -0.1) is 5.10 Å². The first kappa shape index (κ1) is 13.4. The van der Waals surface area contributed by atoms with Gasteiger partial charge in [-0.1, -0.05) is 0 Å². The quantitative estimate of drug-likeness (QED) is 0.698. The van der Waals surface area contributed by atoms with Crippen LogP contribution in [-0.2, 0) is 11.3 Å². The van der Waals surface area contributed by atoms with Crippen molar-refractivity contribution < 1.29 is 9.90 Å². The largest absolute Gasteiger partial charge is 0.396 e. The van der Waals surface area contributed by atoms with Crippen LogP contribution >= 0.6 is 0 Å².